The van der Waals surface area contributed by atoms with Gasteiger partial charge in [0.15, 0.2) is 11.4 Å². The second-order valence-corrected chi connectivity index (χ2v) is 6.73. The number of benzene rings is 1. The van der Waals surface area contributed by atoms with Gasteiger partial charge in [0.2, 0.25) is 0 Å². The Morgan fingerprint density at radius 3 is 2.31 bits per heavy atom. The van der Waals surface area contributed by atoms with E-state index in [0.717, 1.165) is 0 Å². The van der Waals surface area contributed by atoms with Gasteiger partial charge in [0.1, 0.15) is 16.9 Å². The van der Waals surface area contributed by atoms with Crippen molar-refractivity contribution in [2.45, 2.75) is 32.2 Å². The van der Waals surface area contributed by atoms with E-state index in [2.05, 4.69) is 30.4 Å². The lowest BCUT2D eigenvalue weighted by Crippen LogP contribution is -2.15. The molecule has 3 aromatic heterocycles. The summed E-state index contributed by atoms with van der Waals surface area (Å²) in [6.45, 7) is 3.20. The van der Waals surface area contributed by atoms with Gasteiger partial charge in [-0.15, -0.1) is 5.10 Å². The van der Waals surface area contributed by atoms with E-state index in [9.17, 15) is 26.3 Å². The molecule has 168 valence electrons. The lowest BCUT2D eigenvalue weighted by Gasteiger charge is -2.12. The third-order valence-electron chi connectivity index (χ3n) is 4.33. The van der Waals surface area contributed by atoms with E-state index in [1.165, 1.54) is 17.1 Å². The number of halogens is 6. The Labute approximate surface area is 175 Å². The summed E-state index contributed by atoms with van der Waals surface area (Å²) in [6, 6.07) is 0.936. The number of aromatic nitrogens is 6. The Balaban J connectivity index is 1.73. The number of aryl methyl sites for hydroxylation is 1. The molecule has 14 heteroatoms. The summed E-state index contributed by atoms with van der Waals surface area (Å²) in [5.41, 5.74) is -4.47. The number of fused-ring (bicyclic) bond motifs is 1. The highest BCUT2D eigenvalue weighted by molar-refractivity contribution is 5.80. The molecule has 0 aliphatic heterocycles. The zero-order valence-corrected chi connectivity index (χ0v) is 16.3. The zero-order valence-electron chi connectivity index (χ0n) is 16.3. The fourth-order valence-corrected chi connectivity index (χ4v) is 2.98. The maximum absolute atomic E-state index is 13.4. The predicted molar refractivity (Wildman–Crippen MR) is 97.7 cm³/mol. The average Bonchev–Trinajstić information content (AvgIpc) is 3.29. The summed E-state index contributed by atoms with van der Waals surface area (Å²) < 4.78 is 85.7. The number of nitrogens with zero attached hydrogens (tertiary/aromatic N) is 6. The van der Waals surface area contributed by atoms with E-state index in [0.29, 0.717) is 11.9 Å². The van der Waals surface area contributed by atoms with Crippen molar-refractivity contribution < 1.29 is 30.8 Å². The number of hydrogen-bond acceptors (Lipinski definition) is 7. The van der Waals surface area contributed by atoms with Crippen LogP contribution in [0.2, 0.25) is 0 Å². The fraction of sp³-hybridized carbons (Fsp3) is 0.278. The first kappa shape index (κ1) is 21.5. The summed E-state index contributed by atoms with van der Waals surface area (Å²) in [4.78, 5) is 16.2. The average molecular weight is 457 g/mol. The SMILES string of the molecule is Cc1nc(C(C)Nc2nc3cc(C(F)(F)F)cc(C(F)(F)F)c3o2)n(-c2ncccn2)n1. The molecule has 0 saturated carbocycles. The van der Waals surface area contributed by atoms with Gasteiger partial charge in [0, 0.05) is 12.4 Å². The van der Waals surface area contributed by atoms with Crippen LogP contribution < -0.4 is 5.32 Å². The van der Waals surface area contributed by atoms with Crippen molar-refractivity contribution in [1.29, 1.82) is 0 Å². The largest absolute Gasteiger partial charge is 0.423 e. The highest BCUT2D eigenvalue weighted by atomic mass is 19.4. The van der Waals surface area contributed by atoms with Crippen LogP contribution in [-0.2, 0) is 12.4 Å². The summed E-state index contributed by atoms with van der Waals surface area (Å²) in [7, 11) is 0. The Morgan fingerprint density at radius 2 is 1.69 bits per heavy atom. The molecule has 0 amide bonds. The van der Waals surface area contributed by atoms with Crippen molar-refractivity contribution in [3.8, 4) is 5.95 Å². The minimum Gasteiger partial charge on any atom is -0.423 e. The van der Waals surface area contributed by atoms with Gasteiger partial charge < -0.3 is 9.73 Å². The third kappa shape index (κ3) is 4.07. The molecule has 32 heavy (non-hydrogen) atoms. The molecule has 1 N–H and O–H groups in total. The first-order valence-electron chi connectivity index (χ1n) is 9.00. The second kappa shape index (κ2) is 7.46. The van der Waals surface area contributed by atoms with Crippen molar-refractivity contribution in [3.05, 3.63) is 53.4 Å². The molecule has 8 nitrogen and oxygen atoms in total. The highest BCUT2D eigenvalue weighted by Gasteiger charge is 2.40. The van der Waals surface area contributed by atoms with Crippen LogP contribution in [0, 0.1) is 6.92 Å². The molecule has 0 spiro atoms. The first-order valence-corrected chi connectivity index (χ1v) is 9.00. The van der Waals surface area contributed by atoms with Crippen molar-refractivity contribution in [3.63, 3.8) is 0 Å². The van der Waals surface area contributed by atoms with Crippen molar-refractivity contribution in [2.75, 3.05) is 5.32 Å². The maximum Gasteiger partial charge on any atom is 0.420 e. The number of oxazole rings is 1. The summed E-state index contributed by atoms with van der Waals surface area (Å²) in [5, 5.41) is 6.89. The highest BCUT2D eigenvalue weighted by Crippen LogP contribution is 2.41. The quantitative estimate of drug-likeness (QED) is 0.443. The number of hydrogen-bond donors (Lipinski definition) is 1. The number of nitrogens with one attached hydrogen (secondary N) is 1. The normalized spacial score (nSPS) is 13.5. The van der Waals surface area contributed by atoms with E-state index < -0.39 is 46.6 Å². The van der Waals surface area contributed by atoms with Crippen LogP contribution in [0.5, 0.6) is 0 Å². The van der Waals surface area contributed by atoms with Crippen molar-refractivity contribution >= 4 is 17.1 Å². The van der Waals surface area contributed by atoms with Crippen LogP contribution in [0.4, 0.5) is 32.4 Å². The molecule has 1 aromatic carbocycles. The molecule has 1 atom stereocenters. The molecule has 0 fully saturated rings. The molecule has 4 rings (SSSR count). The topological polar surface area (TPSA) is 94.6 Å². The van der Waals surface area contributed by atoms with Crippen LogP contribution >= 0.6 is 0 Å². The summed E-state index contributed by atoms with van der Waals surface area (Å²) in [6.07, 6.45) is -7.10. The molecule has 1 unspecified atom stereocenters. The molecule has 0 aliphatic carbocycles. The third-order valence-corrected chi connectivity index (χ3v) is 4.33. The van der Waals surface area contributed by atoms with Crippen LogP contribution in [0.1, 0.15) is 35.7 Å². The van der Waals surface area contributed by atoms with Gasteiger partial charge in [-0.1, -0.05) is 0 Å². The number of alkyl halides is 6. The van der Waals surface area contributed by atoms with Crippen LogP contribution in [0.15, 0.2) is 35.0 Å². The molecular weight excluding hydrogens is 444 g/mol. The smallest absolute Gasteiger partial charge is 0.420 e. The number of anilines is 1. The van der Waals surface area contributed by atoms with Crippen molar-refractivity contribution in [2.24, 2.45) is 0 Å². The van der Waals surface area contributed by atoms with Gasteiger partial charge in [0.25, 0.3) is 12.0 Å². The van der Waals surface area contributed by atoms with Crippen molar-refractivity contribution in [1.82, 2.24) is 29.7 Å². The Bertz CT molecular complexity index is 1260. The Kier molecular flexibility index (Phi) is 5.02. The van der Waals surface area contributed by atoms with E-state index in [1.54, 1.807) is 19.9 Å². The minimum absolute atomic E-state index is 0.00650. The number of rotatable bonds is 4. The Hall–Kier alpha value is -3.71. The molecule has 0 bridgehead atoms. The predicted octanol–water partition coefficient (Wildman–Crippen LogP) is 4.72. The molecule has 3 heterocycles. The van der Waals surface area contributed by atoms with E-state index in [1.807, 2.05) is 0 Å². The molecule has 0 radical (unpaired) electrons. The monoisotopic (exact) mass is 457 g/mol. The minimum atomic E-state index is -5.08. The molecule has 4 aromatic rings. The van der Waals surface area contributed by atoms with Gasteiger partial charge in [-0.2, -0.15) is 36.0 Å². The second-order valence-electron chi connectivity index (χ2n) is 6.73. The zero-order chi connectivity index (χ0) is 23.3. The van der Waals surface area contributed by atoms with Crippen LogP contribution in [0.25, 0.3) is 17.0 Å². The molecule has 0 aliphatic rings. The fourth-order valence-electron chi connectivity index (χ4n) is 2.98. The van der Waals surface area contributed by atoms with Gasteiger partial charge in [-0.3, -0.25) is 0 Å². The standard InChI is InChI=1S/C18H13F6N7O/c1-8(14-28-9(2)30-31(14)15-25-4-3-5-26-15)27-16-29-12-7-10(17(19,20)21)6-11(13(12)32-16)18(22,23)24/h3-8H,1-2H3,(H,27,29). The van der Waals surface area contributed by atoms with Gasteiger partial charge in [0.05, 0.1) is 11.6 Å². The van der Waals surface area contributed by atoms with E-state index >= 15 is 0 Å². The van der Waals surface area contributed by atoms with Crippen LogP contribution in [-0.4, -0.2) is 29.7 Å². The molecular formula is C18H13F6N7O. The Morgan fingerprint density at radius 1 is 1.00 bits per heavy atom. The van der Waals surface area contributed by atoms with Gasteiger partial charge in [-0.05, 0) is 32.0 Å². The summed E-state index contributed by atoms with van der Waals surface area (Å²) in [5.74, 6) is 0.847. The lowest BCUT2D eigenvalue weighted by molar-refractivity contribution is -0.142. The van der Waals surface area contributed by atoms with E-state index in [4.69, 9.17) is 4.42 Å². The van der Waals surface area contributed by atoms with Gasteiger partial charge >= 0.3 is 12.4 Å². The lowest BCUT2D eigenvalue weighted by atomic mass is 10.1. The van der Waals surface area contributed by atoms with Gasteiger partial charge in [-0.25, -0.2) is 15.0 Å². The summed E-state index contributed by atoms with van der Waals surface area (Å²) >= 11 is 0. The van der Waals surface area contributed by atoms with E-state index in [-0.39, 0.29) is 17.8 Å². The first-order chi connectivity index (χ1) is 14.9. The molecule has 0 saturated heterocycles. The maximum atomic E-state index is 13.4. The van der Waals surface area contributed by atoms with Crippen LogP contribution in [0.3, 0.4) is 0 Å².